The smallest absolute Gasteiger partial charge is 0.165 e. The number of rotatable bonds is 6. The van der Waals surface area contributed by atoms with Gasteiger partial charge in [-0.15, -0.1) is 0 Å². The van der Waals surface area contributed by atoms with Gasteiger partial charge in [-0.25, -0.2) is 0 Å². The minimum Gasteiger partial charge on any atom is -0.294 e. The average Bonchev–Trinajstić information content (AvgIpc) is 2.62. The van der Waals surface area contributed by atoms with Crippen LogP contribution in [0.2, 0.25) is 0 Å². The van der Waals surface area contributed by atoms with Crippen molar-refractivity contribution in [2.45, 2.75) is 12.8 Å². The summed E-state index contributed by atoms with van der Waals surface area (Å²) < 4.78 is 0. The number of ketones is 2. The lowest BCUT2D eigenvalue weighted by Gasteiger charge is -2.17. The fraction of sp³-hybridized carbons (Fsp3) is 0.158. The van der Waals surface area contributed by atoms with Crippen molar-refractivity contribution >= 4 is 11.6 Å². The van der Waals surface area contributed by atoms with Crippen molar-refractivity contribution in [3.05, 3.63) is 71.8 Å². The number of nitriles is 2. The van der Waals surface area contributed by atoms with Crippen molar-refractivity contribution in [1.29, 1.82) is 10.5 Å². The van der Waals surface area contributed by atoms with Crippen LogP contribution >= 0.6 is 0 Å². The summed E-state index contributed by atoms with van der Waals surface area (Å²) in [6.45, 7) is 0. The zero-order valence-electron chi connectivity index (χ0n) is 12.4. The molecule has 2 aromatic rings. The molecule has 0 fully saturated rings. The predicted octanol–water partition coefficient (Wildman–Crippen LogP) is 3.57. The Labute approximate surface area is 134 Å². The lowest BCUT2D eigenvalue weighted by molar-refractivity contribution is 0.0913. The standard InChI is InChI=1S/C19H14N2O2/c20-13-19(14-21,11-17(22)15-7-3-1-4-8-15)12-18(23)16-9-5-2-6-10-16/h1-10H,11-12H2. The monoisotopic (exact) mass is 302 g/mol. The molecule has 0 amide bonds. The normalized spacial score (nSPS) is 10.3. The molecule has 2 aromatic carbocycles. The van der Waals surface area contributed by atoms with Crippen LogP contribution in [-0.2, 0) is 0 Å². The maximum absolute atomic E-state index is 12.3. The van der Waals surface area contributed by atoms with Crippen LogP contribution in [0.3, 0.4) is 0 Å². The second kappa shape index (κ2) is 7.15. The molecule has 2 rings (SSSR count). The summed E-state index contributed by atoms with van der Waals surface area (Å²) in [6.07, 6.45) is -0.606. The van der Waals surface area contributed by atoms with E-state index in [1.165, 1.54) is 0 Å². The van der Waals surface area contributed by atoms with Gasteiger partial charge >= 0.3 is 0 Å². The van der Waals surface area contributed by atoms with Crippen LogP contribution < -0.4 is 0 Å². The van der Waals surface area contributed by atoms with Crippen LogP contribution in [0.4, 0.5) is 0 Å². The van der Waals surface area contributed by atoms with Gasteiger partial charge in [0.1, 0.15) is 0 Å². The highest BCUT2D eigenvalue weighted by molar-refractivity contribution is 6.00. The Balaban J connectivity index is 2.20. The maximum Gasteiger partial charge on any atom is 0.165 e. The third-order valence-electron chi connectivity index (χ3n) is 3.54. The number of Topliss-reactive ketones (excluding diaryl/α,β-unsaturated/α-hetero) is 2. The number of hydrogen-bond donors (Lipinski definition) is 0. The first kappa shape index (κ1) is 16.1. The van der Waals surface area contributed by atoms with Crippen LogP contribution in [-0.4, -0.2) is 11.6 Å². The molecule has 0 aliphatic heterocycles. The maximum atomic E-state index is 12.3. The number of carbonyl (C=O) groups is 2. The van der Waals surface area contributed by atoms with Crippen LogP contribution in [0.25, 0.3) is 0 Å². The summed E-state index contributed by atoms with van der Waals surface area (Å²) in [6, 6.07) is 20.6. The van der Waals surface area contributed by atoms with Crippen LogP contribution in [0, 0.1) is 28.1 Å². The summed E-state index contributed by atoms with van der Waals surface area (Å²) in [5.41, 5.74) is -0.802. The van der Waals surface area contributed by atoms with Gasteiger partial charge in [0, 0.05) is 24.0 Å². The third-order valence-corrected chi connectivity index (χ3v) is 3.54. The van der Waals surface area contributed by atoms with E-state index in [0.29, 0.717) is 11.1 Å². The molecule has 0 aliphatic rings. The number of hydrogen-bond acceptors (Lipinski definition) is 4. The van der Waals surface area contributed by atoms with E-state index >= 15 is 0 Å². The Hall–Kier alpha value is -3.24. The van der Waals surface area contributed by atoms with E-state index in [2.05, 4.69) is 0 Å². The van der Waals surface area contributed by atoms with Crippen molar-refractivity contribution in [3.8, 4) is 12.1 Å². The topological polar surface area (TPSA) is 81.7 Å². The first-order valence-corrected chi connectivity index (χ1v) is 7.09. The Morgan fingerprint density at radius 1 is 0.739 bits per heavy atom. The molecule has 23 heavy (non-hydrogen) atoms. The van der Waals surface area contributed by atoms with Gasteiger partial charge in [-0.1, -0.05) is 60.7 Å². The number of benzene rings is 2. The molecule has 112 valence electrons. The molecule has 0 bridgehead atoms. The van der Waals surface area contributed by atoms with E-state index < -0.39 is 5.41 Å². The second-order valence-electron chi connectivity index (χ2n) is 5.24. The molecule has 0 saturated carbocycles. The van der Waals surface area contributed by atoms with Crippen molar-refractivity contribution in [2.24, 2.45) is 5.41 Å². The molecule has 0 aromatic heterocycles. The summed E-state index contributed by atoms with van der Waals surface area (Å²) in [5, 5.41) is 18.8. The molecule has 0 spiro atoms. The first-order chi connectivity index (χ1) is 11.1. The second-order valence-corrected chi connectivity index (χ2v) is 5.24. The van der Waals surface area contributed by atoms with Crippen molar-refractivity contribution in [3.63, 3.8) is 0 Å². The van der Waals surface area contributed by atoms with Crippen LogP contribution in [0.1, 0.15) is 33.6 Å². The van der Waals surface area contributed by atoms with Crippen molar-refractivity contribution < 1.29 is 9.59 Å². The Morgan fingerprint density at radius 3 is 1.39 bits per heavy atom. The molecular weight excluding hydrogens is 288 g/mol. The lowest BCUT2D eigenvalue weighted by Crippen LogP contribution is -2.25. The van der Waals surface area contributed by atoms with Gasteiger partial charge in [-0.3, -0.25) is 9.59 Å². The fourth-order valence-electron chi connectivity index (χ4n) is 2.25. The van der Waals surface area contributed by atoms with E-state index in [9.17, 15) is 20.1 Å². The van der Waals surface area contributed by atoms with E-state index in [-0.39, 0.29) is 24.4 Å². The van der Waals surface area contributed by atoms with Crippen molar-refractivity contribution in [1.82, 2.24) is 0 Å². The van der Waals surface area contributed by atoms with E-state index in [1.54, 1.807) is 60.7 Å². The fourth-order valence-corrected chi connectivity index (χ4v) is 2.25. The number of carbonyl (C=O) groups excluding carboxylic acids is 2. The van der Waals surface area contributed by atoms with E-state index in [1.807, 2.05) is 12.1 Å². The van der Waals surface area contributed by atoms with Gasteiger partial charge in [-0.05, 0) is 0 Å². The molecule has 0 unspecified atom stereocenters. The SMILES string of the molecule is N#CC(C#N)(CC(=O)c1ccccc1)CC(=O)c1ccccc1. The van der Waals surface area contributed by atoms with Gasteiger partial charge in [-0.2, -0.15) is 10.5 Å². The Bertz CT molecular complexity index is 714. The highest BCUT2D eigenvalue weighted by atomic mass is 16.1. The molecule has 4 heteroatoms. The highest BCUT2D eigenvalue weighted by Gasteiger charge is 2.36. The Kier molecular flexibility index (Phi) is 5.02. The summed E-state index contributed by atoms with van der Waals surface area (Å²) in [4.78, 5) is 24.6. The third kappa shape index (κ3) is 3.90. The van der Waals surface area contributed by atoms with Gasteiger partial charge in [0.05, 0.1) is 12.1 Å². The summed E-state index contributed by atoms with van der Waals surface area (Å²) in [7, 11) is 0. The molecule has 0 aliphatic carbocycles. The molecule has 0 N–H and O–H groups in total. The van der Waals surface area contributed by atoms with Crippen LogP contribution in [0.5, 0.6) is 0 Å². The summed E-state index contributed by atoms with van der Waals surface area (Å²) >= 11 is 0. The van der Waals surface area contributed by atoms with Crippen molar-refractivity contribution in [2.75, 3.05) is 0 Å². The largest absolute Gasteiger partial charge is 0.294 e. The molecular formula is C19H14N2O2. The van der Waals surface area contributed by atoms with E-state index in [0.717, 1.165) is 0 Å². The number of nitrogens with zero attached hydrogens (tertiary/aromatic N) is 2. The highest BCUT2D eigenvalue weighted by Crippen LogP contribution is 2.29. The Morgan fingerprint density at radius 2 is 1.09 bits per heavy atom. The van der Waals surface area contributed by atoms with E-state index in [4.69, 9.17) is 0 Å². The lowest BCUT2D eigenvalue weighted by atomic mass is 9.79. The molecule has 0 saturated heterocycles. The van der Waals surface area contributed by atoms with Gasteiger partial charge in [0.15, 0.2) is 17.0 Å². The molecule has 0 atom stereocenters. The zero-order valence-corrected chi connectivity index (χ0v) is 12.4. The quantitative estimate of drug-likeness (QED) is 0.764. The minimum absolute atomic E-state index is 0.303. The van der Waals surface area contributed by atoms with Crippen LogP contribution in [0.15, 0.2) is 60.7 Å². The zero-order chi connectivity index (χ0) is 16.7. The molecule has 0 heterocycles. The van der Waals surface area contributed by atoms with Gasteiger partial charge in [0.2, 0.25) is 0 Å². The average molecular weight is 302 g/mol. The first-order valence-electron chi connectivity index (χ1n) is 7.09. The molecule has 4 nitrogen and oxygen atoms in total. The minimum atomic E-state index is -1.65. The van der Waals surface area contributed by atoms with Gasteiger partial charge in [0.25, 0.3) is 0 Å². The van der Waals surface area contributed by atoms with Gasteiger partial charge < -0.3 is 0 Å². The summed E-state index contributed by atoms with van der Waals surface area (Å²) in [5.74, 6) is -0.649. The predicted molar refractivity (Wildman–Crippen MR) is 84.4 cm³/mol. The molecule has 0 radical (unpaired) electrons.